The number of nitrogens with zero attached hydrogens (tertiary/aromatic N) is 1. The van der Waals surface area contributed by atoms with E-state index in [2.05, 4.69) is 0 Å². The summed E-state index contributed by atoms with van der Waals surface area (Å²) < 4.78 is 9.98. The summed E-state index contributed by atoms with van der Waals surface area (Å²) in [7, 11) is 4.89. The fourth-order valence-corrected chi connectivity index (χ4v) is 1.55. The van der Waals surface area contributed by atoms with Gasteiger partial charge in [-0.3, -0.25) is 4.79 Å². The zero-order valence-corrected chi connectivity index (χ0v) is 11.1. The molecule has 5 nitrogen and oxygen atoms in total. The third-order valence-corrected chi connectivity index (χ3v) is 2.74. The van der Waals surface area contributed by atoms with E-state index < -0.39 is 6.04 Å². The highest BCUT2D eigenvalue weighted by atomic mass is 16.5. The average molecular weight is 252 g/mol. The monoisotopic (exact) mass is 252 g/mol. The van der Waals surface area contributed by atoms with E-state index >= 15 is 0 Å². The van der Waals surface area contributed by atoms with E-state index in [1.165, 1.54) is 0 Å². The summed E-state index contributed by atoms with van der Waals surface area (Å²) in [6, 6.07) is 6.70. The van der Waals surface area contributed by atoms with Crippen molar-refractivity contribution in [3.8, 4) is 5.75 Å². The van der Waals surface area contributed by atoms with Gasteiger partial charge in [-0.05, 0) is 30.7 Å². The van der Waals surface area contributed by atoms with Gasteiger partial charge in [-0.1, -0.05) is 0 Å². The van der Waals surface area contributed by atoms with Gasteiger partial charge in [-0.2, -0.15) is 0 Å². The van der Waals surface area contributed by atoms with E-state index in [0.717, 1.165) is 11.4 Å². The Balaban J connectivity index is 2.67. The predicted molar refractivity (Wildman–Crippen MR) is 70.9 cm³/mol. The normalized spacial score (nSPS) is 12.0. The Hall–Kier alpha value is -1.59. The molecule has 0 saturated heterocycles. The molecule has 0 aliphatic heterocycles. The minimum absolute atomic E-state index is 0.128. The van der Waals surface area contributed by atoms with Crippen molar-refractivity contribution in [1.29, 1.82) is 0 Å². The van der Waals surface area contributed by atoms with Crippen LogP contribution in [0.1, 0.15) is 6.42 Å². The van der Waals surface area contributed by atoms with Gasteiger partial charge in [-0.25, -0.2) is 0 Å². The maximum atomic E-state index is 12.0. The molecule has 2 N–H and O–H groups in total. The number of carbonyl (C=O) groups is 1. The highest BCUT2D eigenvalue weighted by Crippen LogP contribution is 2.18. The van der Waals surface area contributed by atoms with Crippen molar-refractivity contribution < 1.29 is 14.3 Å². The van der Waals surface area contributed by atoms with Crippen molar-refractivity contribution in [3.63, 3.8) is 0 Å². The van der Waals surface area contributed by atoms with Crippen molar-refractivity contribution in [3.05, 3.63) is 24.3 Å². The molecule has 0 fully saturated rings. The van der Waals surface area contributed by atoms with Crippen molar-refractivity contribution in [1.82, 2.24) is 0 Å². The number of carbonyl (C=O) groups excluding carboxylic acids is 1. The Morgan fingerprint density at radius 3 is 2.44 bits per heavy atom. The zero-order valence-electron chi connectivity index (χ0n) is 11.1. The van der Waals surface area contributed by atoms with Gasteiger partial charge in [0.25, 0.3) is 0 Å². The molecule has 1 aromatic rings. The van der Waals surface area contributed by atoms with E-state index in [0.29, 0.717) is 13.0 Å². The van der Waals surface area contributed by atoms with Crippen molar-refractivity contribution in [2.45, 2.75) is 12.5 Å². The number of ether oxygens (including phenoxy) is 2. The first-order valence-electron chi connectivity index (χ1n) is 5.76. The summed E-state index contributed by atoms with van der Waals surface area (Å²) >= 11 is 0. The Labute approximate surface area is 107 Å². The number of methoxy groups -OCH3 is 2. The van der Waals surface area contributed by atoms with Crippen LogP contribution in [0, 0.1) is 0 Å². The molecule has 0 spiro atoms. The first kappa shape index (κ1) is 14.5. The standard InChI is InChI=1S/C13H20N2O3/c1-15(13(16)12(14)8-9-17-2)10-4-6-11(18-3)7-5-10/h4-7,12H,8-9,14H2,1-3H3. The fourth-order valence-electron chi connectivity index (χ4n) is 1.55. The van der Waals surface area contributed by atoms with Crippen molar-refractivity contribution in [2.24, 2.45) is 5.73 Å². The van der Waals surface area contributed by atoms with Crippen LogP contribution in [0.4, 0.5) is 5.69 Å². The lowest BCUT2D eigenvalue weighted by molar-refractivity contribution is -0.119. The minimum Gasteiger partial charge on any atom is -0.497 e. The minimum atomic E-state index is -0.544. The van der Waals surface area contributed by atoms with Gasteiger partial charge in [0.1, 0.15) is 5.75 Å². The molecule has 0 heterocycles. The highest BCUT2D eigenvalue weighted by molar-refractivity contribution is 5.96. The Morgan fingerprint density at radius 2 is 1.94 bits per heavy atom. The summed E-state index contributed by atoms with van der Waals surface area (Å²) in [6.07, 6.45) is 0.510. The maximum Gasteiger partial charge on any atom is 0.243 e. The number of likely N-dealkylation sites (N-methyl/N-ethyl adjacent to an activating group) is 1. The molecular formula is C13H20N2O3. The second kappa shape index (κ2) is 6.98. The van der Waals surface area contributed by atoms with Crippen molar-refractivity contribution in [2.75, 3.05) is 32.8 Å². The summed E-state index contributed by atoms with van der Waals surface area (Å²) in [5, 5.41) is 0. The molecule has 100 valence electrons. The number of anilines is 1. The first-order chi connectivity index (χ1) is 8.60. The first-order valence-corrected chi connectivity index (χ1v) is 5.76. The smallest absolute Gasteiger partial charge is 0.243 e. The molecule has 1 aromatic carbocycles. The van der Waals surface area contributed by atoms with E-state index in [9.17, 15) is 4.79 Å². The fraction of sp³-hybridized carbons (Fsp3) is 0.462. The quantitative estimate of drug-likeness (QED) is 0.821. The van der Waals surface area contributed by atoms with Crippen LogP contribution in [-0.2, 0) is 9.53 Å². The Morgan fingerprint density at radius 1 is 1.33 bits per heavy atom. The number of benzene rings is 1. The molecule has 1 rings (SSSR count). The topological polar surface area (TPSA) is 64.8 Å². The molecule has 0 radical (unpaired) electrons. The summed E-state index contributed by atoms with van der Waals surface area (Å²) in [4.78, 5) is 13.6. The molecule has 5 heteroatoms. The second-order valence-corrected chi connectivity index (χ2v) is 3.98. The molecule has 1 unspecified atom stereocenters. The van der Waals surface area contributed by atoms with Crippen LogP contribution in [0.5, 0.6) is 5.75 Å². The SMILES string of the molecule is COCCC(N)C(=O)N(C)c1ccc(OC)cc1. The molecule has 0 bridgehead atoms. The molecule has 1 atom stereocenters. The van der Waals surface area contributed by atoms with Gasteiger partial charge in [0, 0.05) is 26.5 Å². The van der Waals surface area contributed by atoms with Gasteiger partial charge in [0.15, 0.2) is 0 Å². The van der Waals surface area contributed by atoms with E-state index in [4.69, 9.17) is 15.2 Å². The van der Waals surface area contributed by atoms with Crippen LogP contribution in [0.3, 0.4) is 0 Å². The molecule has 0 aliphatic rings. The molecule has 1 amide bonds. The summed E-state index contributed by atoms with van der Waals surface area (Å²) in [5.41, 5.74) is 6.59. The van der Waals surface area contributed by atoms with Crippen molar-refractivity contribution >= 4 is 11.6 Å². The van der Waals surface area contributed by atoms with Crippen LogP contribution < -0.4 is 15.4 Å². The highest BCUT2D eigenvalue weighted by Gasteiger charge is 2.18. The van der Waals surface area contributed by atoms with E-state index in [1.807, 2.05) is 12.1 Å². The van der Waals surface area contributed by atoms with Gasteiger partial charge < -0.3 is 20.1 Å². The summed E-state index contributed by atoms with van der Waals surface area (Å²) in [6.45, 7) is 0.476. The predicted octanol–water partition coefficient (Wildman–Crippen LogP) is 1.02. The van der Waals surface area contributed by atoms with Gasteiger partial charge >= 0.3 is 0 Å². The van der Waals surface area contributed by atoms with E-state index in [1.54, 1.807) is 38.3 Å². The number of hydrogen-bond acceptors (Lipinski definition) is 4. The lowest BCUT2D eigenvalue weighted by Crippen LogP contribution is -2.42. The lowest BCUT2D eigenvalue weighted by atomic mass is 10.2. The molecule has 0 aromatic heterocycles. The Kier molecular flexibility index (Phi) is 5.61. The van der Waals surface area contributed by atoms with Crippen LogP contribution in [0.15, 0.2) is 24.3 Å². The molecule has 0 aliphatic carbocycles. The van der Waals surface area contributed by atoms with Gasteiger partial charge in [0.2, 0.25) is 5.91 Å². The van der Waals surface area contributed by atoms with Crippen LogP contribution >= 0.6 is 0 Å². The van der Waals surface area contributed by atoms with E-state index in [-0.39, 0.29) is 5.91 Å². The van der Waals surface area contributed by atoms with Crippen LogP contribution in [0.25, 0.3) is 0 Å². The number of amides is 1. The third-order valence-electron chi connectivity index (χ3n) is 2.74. The van der Waals surface area contributed by atoms with Gasteiger partial charge in [0.05, 0.1) is 13.2 Å². The molecular weight excluding hydrogens is 232 g/mol. The number of rotatable bonds is 6. The lowest BCUT2D eigenvalue weighted by Gasteiger charge is -2.21. The Bertz CT molecular complexity index is 378. The molecule has 0 saturated carbocycles. The third kappa shape index (κ3) is 3.72. The number of hydrogen-bond donors (Lipinski definition) is 1. The van der Waals surface area contributed by atoms with Crippen LogP contribution in [-0.4, -0.2) is 39.8 Å². The second-order valence-electron chi connectivity index (χ2n) is 3.98. The largest absolute Gasteiger partial charge is 0.497 e. The average Bonchev–Trinajstić information content (AvgIpc) is 2.43. The van der Waals surface area contributed by atoms with Gasteiger partial charge in [-0.15, -0.1) is 0 Å². The molecule has 18 heavy (non-hydrogen) atoms. The number of nitrogens with two attached hydrogens (primary N) is 1. The maximum absolute atomic E-state index is 12.0. The zero-order chi connectivity index (χ0) is 13.5. The summed E-state index contributed by atoms with van der Waals surface area (Å²) in [5.74, 6) is 0.625. The van der Waals surface area contributed by atoms with Crippen LogP contribution in [0.2, 0.25) is 0 Å².